The smallest absolute Gasteiger partial charge is 0.273 e. The molecule has 2 fully saturated rings. The van der Waals surface area contributed by atoms with Crippen molar-refractivity contribution in [3.8, 4) is 0 Å². The van der Waals surface area contributed by atoms with Gasteiger partial charge in [-0.15, -0.1) is 11.3 Å². The van der Waals surface area contributed by atoms with Crippen LogP contribution in [0.2, 0.25) is 0 Å². The van der Waals surface area contributed by atoms with Gasteiger partial charge in [0.25, 0.3) is 5.91 Å². The summed E-state index contributed by atoms with van der Waals surface area (Å²) in [5, 5.41) is 6.48. The maximum atomic E-state index is 12.6. The lowest BCUT2D eigenvalue weighted by atomic mass is 9.99. The van der Waals surface area contributed by atoms with Crippen LogP contribution in [-0.2, 0) is 0 Å². The standard InChI is InChI=1S/C15H23N3OS/c1-11-4-2-3-9-18(11)15(19)13-10-20-14(17-13)12-5-7-16-8-6-12/h10-12,16H,2-9H2,1H3. The summed E-state index contributed by atoms with van der Waals surface area (Å²) in [5.41, 5.74) is 0.664. The summed E-state index contributed by atoms with van der Waals surface area (Å²) in [5.74, 6) is 0.676. The predicted molar refractivity (Wildman–Crippen MR) is 81.3 cm³/mol. The number of piperidine rings is 2. The fourth-order valence-corrected chi connectivity index (χ4v) is 4.15. The van der Waals surface area contributed by atoms with Crippen LogP contribution in [0, 0.1) is 0 Å². The summed E-state index contributed by atoms with van der Waals surface area (Å²) >= 11 is 1.66. The van der Waals surface area contributed by atoms with Gasteiger partial charge in [-0.1, -0.05) is 0 Å². The number of aromatic nitrogens is 1. The van der Waals surface area contributed by atoms with Crippen LogP contribution < -0.4 is 5.32 Å². The molecule has 1 aromatic heterocycles. The molecule has 20 heavy (non-hydrogen) atoms. The van der Waals surface area contributed by atoms with Crippen LogP contribution in [0.3, 0.4) is 0 Å². The number of likely N-dealkylation sites (tertiary alicyclic amines) is 1. The van der Waals surface area contributed by atoms with Crippen LogP contribution in [0.5, 0.6) is 0 Å². The fraction of sp³-hybridized carbons (Fsp3) is 0.733. The lowest BCUT2D eigenvalue weighted by Crippen LogP contribution is -2.42. The molecule has 3 heterocycles. The molecule has 5 heteroatoms. The van der Waals surface area contributed by atoms with Crippen LogP contribution in [-0.4, -0.2) is 41.5 Å². The van der Waals surface area contributed by atoms with E-state index in [4.69, 9.17) is 0 Å². The maximum absolute atomic E-state index is 12.6. The van der Waals surface area contributed by atoms with E-state index in [-0.39, 0.29) is 5.91 Å². The van der Waals surface area contributed by atoms with Gasteiger partial charge in [-0.25, -0.2) is 4.98 Å². The van der Waals surface area contributed by atoms with Gasteiger partial charge in [0.05, 0.1) is 5.01 Å². The zero-order valence-corrected chi connectivity index (χ0v) is 12.9. The summed E-state index contributed by atoms with van der Waals surface area (Å²) in [7, 11) is 0. The Balaban J connectivity index is 1.70. The van der Waals surface area contributed by atoms with Gasteiger partial charge >= 0.3 is 0 Å². The number of carbonyl (C=O) groups is 1. The first-order valence-electron chi connectivity index (χ1n) is 7.73. The van der Waals surface area contributed by atoms with Gasteiger partial charge in [0.15, 0.2) is 0 Å². The molecule has 2 aliphatic rings. The van der Waals surface area contributed by atoms with E-state index >= 15 is 0 Å². The Bertz CT molecular complexity index is 467. The number of nitrogens with one attached hydrogen (secondary N) is 1. The largest absolute Gasteiger partial charge is 0.335 e. The minimum absolute atomic E-state index is 0.133. The van der Waals surface area contributed by atoms with Crippen LogP contribution >= 0.6 is 11.3 Å². The topological polar surface area (TPSA) is 45.2 Å². The molecular weight excluding hydrogens is 270 g/mol. The normalized spacial score (nSPS) is 24.9. The average Bonchev–Trinajstić information content (AvgIpc) is 2.98. The van der Waals surface area contributed by atoms with Crippen LogP contribution in [0.4, 0.5) is 0 Å². The molecule has 1 aromatic rings. The van der Waals surface area contributed by atoms with Gasteiger partial charge in [0.2, 0.25) is 0 Å². The summed E-state index contributed by atoms with van der Waals surface area (Å²) in [6, 6.07) is 0.361. The van der Waals surface area contributed by atoms with E-state index in [2.05, 4.69) is 17.2 Å². The van der Waals surface area contributed by atoms with Crippen molar-refractivity contribution in [2.45, 2.75) is 51.0 Å². The quantitative estimate of drug-likeness (QED) is 0.911. The summed E-state index contributed by atoms with van der Waals surface area (Å²) < 4.78 is 0. The van der Waals surface area contributed by atoms with E-state index in [9.17, 15) is 4.79 Å². The number of thiazole rings is 1. The highest BCUT2D eigenvalue weighted by Crippen LogP contribution is 2.29. The third-order valence-electron chi connectivity index (χ3n) is 4.49. The third kappa shape index (κ3) is 2.88. The lowest BCUT2D eigenvalue weighted by molar-refractivity contribution is 0.0630. The molecule has 1 unspecified atom stereocenters. The monoisotopic (exact) mass is 293 g/mol. The first kappa shape index (κ1) is 14.0. The highest BCUT2D eigenvalue weighted by atomic mass is 32.1. The second kappa shape index (κ2) is 6.22. The minimum atomic E-state index is 0.133. The molecular formula is C15H23N3OS. The Morgan fingerprint density at radius 2 is 2.15 bits per heavy atom. The Hall–Kier alpha value is -0.940. The second-order valence-corrected chi connectivity index (χ2v) is 6.83. The maximum Gasteiger partial charge on any atom is 0.273 e. The molecule has 2 aliphatic heterocycles. The van der Waals surface area contributed by atoms with Gasteiger partial charge in [-0.2, -0.15) is 0 Å². The zero-order valence-electron chi connectivity index (χ0n) is 12.1. The SMILES string of the molecule is CC1CCCCN1C(=O)c1csc(C2CCNCC2)n1. The molecule has 0 radical (unpaired) electrons. The van der Waals surface area contributed by atoms with E-state index in [1.165, 1.54) is 6.42 Å². The van der Waals surface area contributed by atoms with Gasteiger partial charge < -0.3 is 10.2 Å². The molecule has 1 atom stereocenters. The lowest BCUT2D eigenvalue weighted by Gasteiger charge is -2.32. The Morgan fingerprint density at radius 1 is 1.35 bits per heavy atom. The molecule has 1 amide bonds. The molecule has 0 aliphatic carbocycles. The number of hydrogen-bond donors (Lipinski definition) is 1. The molecule has 0 bridgehead atoms. The van der Waals surface area contributed by atoms with E-state index < -0.39 is 0 Å². The van der Waals surface area contributed by atoms with Gasteiger partial charge in [0.1, 0.15) is 5.69 Å². The first-order chi connectivity index (χ1) is 9.75. The first-order valence-corrected chi connectivity index (χ1v) is 8.61. The predicted octanol–water partition coefficient (Wildman–Crippen LogP) is 2.62. The highest BCUT2D eigenvalue weighted by Gasteiger charge is 2.27. The minimum Gasteiger partial charge on any atom is -0.335 e. The molecule has 1 N–H and O–H groups in total. The van der Waals surface area contributed by atoms with Crippen molar-refractivity contribution in [2.24, 2.45) is 0 Å². The molecule has 2 saturated heterocycles. The Morgan fingerprint density at radius 3 is 2.90 bits per heavy atom. The van der Waals surface area contributed by atoms with Crippen LogP contribution in [0.15, 0.2) is 5.38 Å². The molecule has 0 saturated carbocycles. The molecule has 0 spiro atoms. The van der Waals surface area contributed by atoms with Gasteiger partial charge in [0, 0.05) is 23.9 Å². The second-order valence-electron chi connectivity index (χ2n) is 5.94. The van der Waals surface area contributed by atoms with Crippen molar-refractivity contribution in [1.82, 2.24) is 15.2 Å². The summed E-state index contributed by atoms with van der Waals surface area (Å²) in [4.78, 5) is 19.2. The fourth-order valence-electron chi connectivity index (χ4n) is 3.19. The van der Waals surface area contributed by atoms with E-state index in [1.807, 2.05) is 10.3 Å². The van der Waals surface area contributed by atoms with Crippen molar-refractivity contribution >= 4 is 17.2 Å². The zero-order chi connectivity index (χ0) is 13.9. The summed E-state index contributed by atoms with van der Waals surface area (Å²) in [6.45, 7) is 5.17. The van der Waals surface area contributed by atoms with Crippen LogP contribution in [0.25, 0.3) is 0 Å². The molecule has 4 nitrogen and oxygen atoms in total. The Kier molecular flexibility index (Phi) is 4.36. The van der Waals surface area contributed by atoms with Crippen molar-refractivity contribution in [1.29, 1.82) is 0 Å². The van der Waals surface area contributed by atoms with Crippen molar-refractivity contribution in [2.75, 3.05) is 19.6 Å². The van der Waals surface area contributed by atoms with E-state index in [0.717, 1.165) is 50.3 Å². The number of amides is 1. The van der Waals surface area contributed by atoms with E-state index in [1.54, 1.807) is 11.3 Å². The van der Waals surface area contributed by atoms with Crippen LogP contribution in [0.1, 0.15) is 60.4 Å². The third-order valence-corrected chi connectivity index (χ3v) is 5.50. The number of rotatable bonds is 2. The van der Waals surface area contributed by atoms with Crippen molar-refractivity contribution in [3.63, 3.8) is 0 Å². The van der Waals surface area contributed by atoms with Gasteiger partial charge in [-0.3, -0.25) is 4.79 Å². The van der Waals surface area contributed by atoms with Crippen molar-refractivity contribution < 1.29 is 4.79 Å². The van der Waals surface area contributed by atoms with Crippen molar-refractivity contribution in [3.05, 3.63) is 16.1 Å². The average molecular weight is 293 g/mol. The molecule has 3 rings (SSSR count). The number of nitrogens with zero attached hydrogens (tertiary/aromatic N) is 2. The van der Waals surface area contributed by atoms with Gasteiger partial charge in [-0.05, 0) is 52.1 Å². The number of hydrogen-bond acceptors (Lipinski definition) is 4. The molecule has 110 valence electrons. The Labute approximate surface area is 124 Å². The highest BCUT2D eigenvalue weighted by molar-refractivity contribution is 7.09. The number of carbonyl (C=O) groups excluding carboxylic acids is 1. The molecule has 0 aromatic carbocycles. The van der Waals surface area contributed by atoms with E-state index in [0.29, 0.717) is 17.7 Å². The summed E-state index contributed by atoms with van der Waals surface area (Å²) in [6.07, 6.45) is 5.77.